The molecule has 1 amide bonds. The van der Waals surface area contributed by atoms with Gasteiger partial charge < -0.3 is 4.57 Å². The molecule has 0 saturated carbocycles. The zero-order valence-electron chi connectivity index (χ0n) is 8.34. The Labute approximate surface area is 87.6 Å². The first-order valence-electron chi connectivity index (χ1n) is 4.61. The Bertz CT molecular complexity index is 462. The third-order valence-electron chi connectivity index (χ3n) is 2.08. The summed E-state index contributed by atoms with van der Waals surface area (Å²) >= 11 is 0. The summed E-state index contributed by atoms with van der Waals surface area (Å²) in [4.78, 5) is 15.7. The molecule has 76 valence electrons. The molecule has 1 heterocycles. The number of rotatable bonds is 2. The zero-order chi connectivity index (χ0) is 10.7. The number of carbonyl (C=O) groups is 1. The Morgan fingerprint density at radius 2 is 2.07 bits per heavy atom. The normalized spacial score (nSPS) is 9.93. The summed E-state index contributed by atoms with van der Waals surface area (Å²) in [6.07, 6.45) is 3.42. The second kappa shape index (κ2) is 3.96. The summed E-state index contributed by atoms with van der Waals surface area (Å²) in [5, 5.41) is 2.72. The number of aryl methyl sites for hydroxylation is 1. The molecule has 15 heavy (non-hydrogen) atoms. The van der Waals surface area contributed by atoms with E-state index in [0.29, 0.717) is 11.5 Å². The summed E-state index contributed by atoms with van der Waals surface area (Å²) < 4.78 is 1.75. The fourth-order valence-electron chi connectivity index (χ4n) is 1.25. The van der Waals surface area contributed by atoms with Crippen LogP contribution in [0.3, 0.4) is 0 Å². The molecule has 0 aliphatic rings. The number of amides is 1. The first kappa shape index (κ1) is 9.45. The van der Waals surface area contributed by atoms with Gasteiger partial charge in [0.2, 0.25) is 5.95 Å². The monoisotopic (exact) mass is 201 g/mol. The van der Waals surface area contributed by atoms with Gasteiger partial charge in [0.25, 0.3) is 5.91 Å². The largest absolute Gasteiger partial charge is 0.320 e. The number of imidazole rings is 1. The van der Waals surface area contributed by atoms with Crippen molar-refractivity contribution in [2.75, 3.05) is 5.32 Å². The van der Waals surface area contributed by atoms with Crippen molar-refractivity contribution in [2.45, 2.75) is 0 Å². The number of carbonyl (C=O) groups excluding carboxylic acids is 1. The zero-order valence-corrected chi connectivity index (χ0v) is 8.34. The summed E-state index contributed by atoms with van der Waals surface area (Å²) in [5.41, 5.74) is 0.625. The van der Waals surface area contributed by atoms with Gasteiger partial charge in [0.05, 0.1) is 0 Å². The van der Waals surface area contributed by atoms with Gasteiger partial charge in [-0.05, 0) is 12.1 Å². The minimum Gasteiger partial charge on any atom is -0.320 e. The number of hydrogen-bond donors (Lipinski definition) is 1. The molecule has 0 radical (unpaired) electrons. The lowest BCUT2D eigenvalue weighted by Crippen LogP contribution is -2.14. The molecule has 0 aliphatic carbocycles. The fourth-order valence-corrected chi connectivity index (χ4v) is 1.25. The van der Waals surface area contributed by atoms with Crippen molar-refractivity contribution >= 4 is 11.9 Å². The molecule has 1 aromatic heterocycles. The van der Waals surface area contributed by atoms with Gasteiger partial charge in [-0.15, -0.1) is 0 Å². The lowest BCUT2D eigenvalue weighted by molar-refractivity contribution is 0.102. The Morgan fingerprint density at radius 3 is 2.67 bits per heavy atom. The number of benzene rings is 1. The molecule has 1 aromatic carbocycles. The van der Waals surface area contributed by atoms with Crippen LogP contribution in [0.2, 0.25) is 0 Å². The van der Waals surface area contributed by atoms with Crippen molar-refractivity contribution < 1.29 is 4.79 Å². The molecular weight excluding hydrogens is 190 g/mol. The quantitative estimate of drug-likeness (QED) is 0.803. The predicted molar refractivity (Wildman–Crippen MR) is 57.6 cm³/mol. The highest BCUT2D eigenvalue weighted by Crippen LogP contribution is 2.05. The molecule has 0 unspecified atom stereocenters. The predicted octanol–water partition coefficient (Wildman–Crippen LogP) is 1.67. The average Bonchev–Trinajstić information content (AvgIpc) is 2.66. The second-order valence-electron chi connectivity index (χ2n) is 3.18. The Hall–Kier alpha value is -2.10. The maximum absolute atomic E-state index is 11.7. The number of anilines is 1. The highest BCUT2D eigenvalue weighted by Gasteiger charge is 2.07. The molecule has 2 aromatic rings. The minimum absolute atomic E-state index is 0.148. The molecule has 4 nitrogen and oxygen atoms in total. The Balaban J connectivity index is 2.15. The highest BCUT2D eigenvalue weighted by atomic mass is 16.1. The van der Waals surface area contributed by atoms with E-state index in [1.54, 1.807) is 29.1 Å². The van der Waals surface area contributed by atoms with Crippen molar-refractivity contribution in [3.8, 4) is 0 Å². The van der Waals surface area contributed by atoms with E-state index in [2.05, 4.69) is 10.3 Å². The third kappa shape index (κ3) is 2.04. The van der Waals surface area contributed by atoms with Gasteiger partial charge in [-0.2, -0.15) is 0 Å². The van der Waals surface area contributed by atoms with Crippen LogP contribution in [0.5, 0.6) is 0 Å². The maximum Gasteiger partial charge on any atom is 0.257 e. The molecule has 4 heteroatoms. The molecule has 0 aliphatic heterocycles. The van der Waals surface area contributed by atoms with Crippen molar-refractivity contribution in [3.63, 3.8) is 0 Å². The minimum atomic E-state index is -0.148. The van der Waals surface area contributed by atoms with Crippen molar-refractivity contribution in [3.05, 3.63) is 48.3 Å². The van der Waals surface area contributed by atoms with Crippen LogP contribution in [-0.4, -0.2) is 15.5 Å². The van der Waals surface area contributed by atoms with Gasteiger partial charge in [0.1, 0.15) is 0 Å². The molecule has 0 atom stereocenters. The van der Waals surface area contributed by atoms with Crippen LogP contribution >= 0.6 is 0 Å². The SMILES string of the molecule is Cn1ccnc1NC(=O)c1ccccc1. The Kier molecular flexibility index (Phi) is 2.49. The number of aromatic nitrogens is 2. The van der Waals surface area contributed by atoms with E-state index in [4.69, 9.17) is 0 Å². The van der Waals surface area contributed by atoms with Gasteiger partial charge in [-0.25, -0.2) is 4.98 Å². The molecule has 0 bridgehead atoms. The van der Waals surface area contributed by atoms with E-state index in [0.717, 1.165) is 0 Å². The molecule has 1 N–H and O–H groups in total. The van der Waals surface area contributed by atoms with E-state index in [9.17, 15) is 4.79 Å². The van der Waals surface area contributed by atoms with Crippen LogP contribution in [-0.2, 0) is 7.05 Å². The first-order chi connectivity index (χ1) is 7.27. The summed E-state index contributed by atoms with van der Waals surface area (Å²) in [7, 11) is 1.83. The average molecular weight is 201 g/mol. The fraction of sp³-hybridized carbons (Fsp3) is 0.0909. The van der Waals surface area contributed by atoms with Crippen LogP contribution in [0.25, 0.3) is 0 Å². The van der Waals surface area contributed by atoms with Crippen LogP contribution in [0.15, 0.2) is 42.7 Å². The molecule has 2 rings (SSSR count). The highest BCUT2D eigenvalue weighted by molar-refractivity contribution is 6.03. The van der Waals surface area contributed by atoms with E-state index >= 15 is 0 Å². The van der Waals surface area contributed by atoms with Gasteiger partial charge in [0.15, 0.2) is 0 Å². The number of nitrogens with zero attached hydrogens (tertiary/aromatic N) is 2. The second-order valence-corrected chi connectivity index (χ2v) is 3.18. The summed E-state index contributed by atoms with van der Waals surface area (Å²) in [6.45, 7) is 0. The molecular formula is C11H11N3O. The van der Waals surface area contributed by atoms with E-state index in [1.807, 2.05) is 25.2 Å². The van der Waals surface area contributed by atoms with Gasteiger partial charge in [0, 0.05) is 25.0 Å². The van der Waals surface area contributed by atoms with Crippen LogP contribution < -0.4 is 5.32 Å². The van der Waals surface area contributed by atoms with Crippen LogP contribution in [0.4, 0.5) is 5.95 Å². The number of hydrogen-bond acceptors (Lipinski definition) is 2. The van der Waals surface area contributed by atoms with Gasteiger partial charge in [-0.1, -0.05) is 18.2 Å². The summed E-state index contributed by atoms with van der Waals surface area (Å²) in [5.74, 6) is 0.397. The standard InChI is InChI=1S/C11H11N3O/c1-14-8-7-12-11(14)13-10(15)9-5-3-2-4-6-9/h2-8H,1H3,(H,12,13,15). The van der Waals surface area contributed by atoms with Crippen molar-refractivity contribution in [2.24, 2.45) is 7.05 Å². The molecule has 0 spiro atoms. The smallest absolute Gasteiger partial charge is 0.257 e. The van der Waals surface area contributed by atoms with Crippen molar-refractivity contribution in [1.82, 2.24) is 9.55 Å². The molecule has 0 saturated heterocycles. The van der Waals surface area contributed by atoms with Gasteiger partial charge in [-0.3, -0.25) is 10.1 Å². The van der Waals surface area contributed by atoms with Crippen LogP contribution in [0, 0.1) is 0 Å². The topological polar surface area (TPSA) is 46.9 Å². The maximum atomic E-state index is 11.7. The van der Waals surface area contributed by atoms with Crippen LogP contribution in [0.1, 0.15) is 10.4 Å². The van der Waals surface area contributed by atoms with Gasteiger partial charge >= 0.3 is 0 Å². The first-order valence-corrected chi connectivity index (χ1v) is 4.61. The third-order valence-corrected chi connectivity index (χ3v) is 2.08. The number of nitrogens with one attached hydrogen (secondary N) is 1. The van der Waals surface area contributed by atoms with E-state index in [-0.39, 0.29) is 5.91 Å². The lowest BCUT2D eigenvalue weighted by Gasteiger charge is -2.03. The van der Waals surface area contributed by atoms with E-state index in [1.165, 1.54) is 0 Å². The summed E-state index contributed by atoms with van der Waals surface area (Å²) in [6, 6.07) is 9.05. The Morgan fingerprint density at radius 1 is 1.33 bits per heavy atom. The van der Waals surface area contributed by atoms with Crippen molar-refractivity contribution in [1.29, 1.82) is 0 Å². The van der Waals surface area contributed by atoms with E-state index < -0.39 is 0 Å². The lowest BCUT2D eigenvalue weighted by atomic mass is 10.2. The molecule has 0 fully saturated rings.